The van der Waals surface area contributed by atoms with Crippen LogP contribution in [0.15, 0.2) is 12.2 Å². The lowest BCUT2D eigenvalue weighted by Crippen LogP contribution is -2.70. The molecule has 136 valence electrons. The van der Waals surface area contributed by atoms with Gasteiger partial charge in [0, 0.05) is 12.6 Å². The van der Waals surface area contributed by atoms with Gasteiger partial charge in [0.05, 0.1) is 0 Å². The second-order valence-corrected chi connectivity index (χ2v) is 4.41. The fraction of sp³-hybridized carbons (Fsp3) is 0.700. The first-order valence-corrected chi connectivity index (χ1v) is 5.28. The molecule has 23 heavy (non-hydrogen) atoms. The van der Waals surface area contributed by atoms with Gasteiger partial charge >= 0.3 is 30.0 Å². The van der Waals surface area contributed by atoms with Gasteiger partial charge in [-0.05, 0) is 6.92 Å². The van der Waals surface area contributed by atoms with Crippen LogP contribution < -0.4 is 0 Å². The summed E-state index contributed by atoms with van der Waals surface area (Å²) in [6.07, 6.45) is -7.24. The standard InChI is InChI=1S/C10H8F11NO/c1-4(2)5(23)22(3)10(20,21)8(15,16)6(11,12)7(13,14)9(17,18)19/h1H2,2-3H3. The zero-order chi connectivity index (χ0) is 19.2. The molecule has 0 spiro atoms. The molecule has 0 saturated carbocycles. The second-order valence-electron chi connectivity index (χ2n) is 4.41. The third kappa shape index (κ3) is 2.96. The van der Waals surface area contributed by atoms with E-state index in [1.807, 2.05) is 0 Å². The molecule has 0 aromatic heterocycles. The van der Waals surface area contributed by atoms with Crippen LogP contribution in [0.2, 0.25) is 0 Å². The van der Waals surface area contributed by atoms with E-state index in [-0.39, 0.29) is 7.05 Å². The summed E-state index contributed by atoms with van der Waals surface area (Å²) in [5.41, 5.74) is -0.881. The van der Waals surface area contributed by atoms with E-state index in [0.29, 0.717) is 6.92 Å². The van der Waals surface area contributed by atoms with Crippen LogP contribution in [0, 0.1) is 0 Å². The predicted octanol–water partition coefficient (Wildman–Crippen LogP) is 4.08. The van der Waals surface area contributed by atoms with Gasteiger partial charge < -0.3 is 0 Å². The molecule has 0 N–H and O–H groups in total. The first kappa shape index (κ1) is 21.4. The topological polar surface area (TPSA) is 20.3 Å². The van der Waals surface area contributed by atoms with Crippen molar-refractivity contribution in [1.29, 1.82) is 0 Å². The molecule has 0 radical (unpaired) electrons. The summed E-state index contributed by atoms with van der Waals surface area (Å²) in [6.45, 7) is 3.43. The lowest BCUT2D eigenvalue weighted by molar-refractivity contribution is -0.433. The zero-order valence-electron chi connectivity index (χ0n) is 11.2. The van der Waals surface area contributed by atoms with Crippen molar-refractivity contribution in [3.63, 3.8) is 0 Å². The van der Waals surface area contributed by atoms with Crippen LogP contribution in [0.4, 0.5) is 48.3 Å². The summed E-state index contributed by atoms with van der Waals surface area (Å²) in [7, 11) is -0.188. The molecule has 0 fully saturated rings. The Morgan fingerprint density at radius 3 is 1.39 bits per heavy atom. The minimum Gasteiger partial charge on any atom is -0.277 e. The van der Waals surface area contributed by atoms with E-state index in [1.54, 1.807) is 0 Å². The molecule has 0 aromatic rings. The number of hydrogen-bond donors (Lipinski definition) is 0. The largest absolute Gasteiger partial charge is 0.460 e. The number of rotatable bonds is 5. The molecule has 0 aliphatic rings. The number of hydrogen-bond acceptors (Lipinski definition) is 1. The summed E-state index contributed by atoms with van der Waals surface area (Å²) in [4.78, 5) is 9.67. The van der Waals surface area contributed by atoms with E-state index in [9.17, 15) is 53.1 Å². The van der Waals surface area contributed by atoms with E-state index >= 15 is 0 Å². The van der Waals surface area contributed by atoms with Crippen molar-refractivity contribution >= 4 is 5.91 Å². The van der Waals surface area contributed by atoms with Crippen LogP contribution in [0.25, 0.3) is 0 Å². The van der Waals surface area contributed by atoms with E-state index < -0.39 is 46.4 Å². The fourth-order valence-electron chi connectivity index (χ4n) is 1.19. The SMILES string of the molecule is C=C(C)C(=O)N(C)C(F)(F)C(F)(F)C(F)(F)C(F)(F)C(F)(F)F. The molecule has 0 saturated heterocycles. The molecule has 2 nitrogen and oxygen atoms in total. The Morgan fingerprint density at radius 2 is 1.13 bits per heavy atom. The summed E-state index contributed by atoms with van der Waals surface area (Å²) in [5, 5.41) is 0. The highest BCUT2D eigenvalue weighted by atomic mass is 19.4. The van der Waals surface area contributed by atoms with Crippen LogP contribution in [0.3, 0.4) is 0 Å². The highest BCUT2D eigenvalue weighted by Crippen LogP contribution is 2.57. The van der Waals surface area contributed by atoms with Crippen LogP contribution in [0.1, 0.15) is 6.92 Å². The summed E-state index contributed by atoms with van der Waals surface area (Å²) >= 11 is 0. The van der Waals surface area contributed by atoms with Crippen LogP contribution in [-0.2, 0) is 4.79 Å². The van der Waals surface area contributed by atoms with Crippen molar-refractivity contribution in [2.75, 3.05) is 7.05 Å². The Hall–Kier alpha value is -1.56. The van der Waals surface area contributed by atoms with Crippen molar-refractivity contribution in [1.82, 2.24) is 4.90 Å². The van der Waals surface area contributed by atoms with Gasteiger partial charge in [-0.15, -0.1) is 0 Å². The van der Waals surface area contributed by atoms with Crippen LogP contribution in [-0.4, -0.2) is 47.8 Å². The molecular weight excluding hydrogens is 359 g/mol. The number of likely N-dealkylation sites (N-methyl/N-ethyl adjacent to an activating group) is 1. The minimum absolute atomic E-state index is 0.188. The molecule has 0 bridgehead atoms. The molecule has 0 unspecified atom stereocenters. The highest BCUT2D eigenvalue weighted by molar-refractivity contribution is 5.92. The number of carbonyl (C=O) groups is 1. The Bertz CT molecular complexity index is 494. The molecule has 0 atom stereocenters. The summed E-state index contributed by atoms with van der Waals surface area (Å²) in [6, 6.07) is -6.37. The van der Waals surface area contributed by atoms with E-state index in [2.05, 4.69) is 6.58 Å². The second kappa shape index (κ2) is 5.51. The van der Waals surface area contributed by atoms with Crippen LogP contribution >= 0.6 is 0 Å². The van der Waals surface area contributed by atoms with Crippen LogP contribution in [0.5, 0.6) is 0 Å². The maximum Gasteiger partial charge on any atom is 0.460 e. The van der Waals surface area contributed by atoms with Crippen molar-refractivity contribution < 1.29 is 53.1 Å². The first-order chi connectivity index (χ1) is 9.76. The Morgan fingerprint density at radius 1 is 0.783 bits per heavy atom. The van der Waals surface area contributed by atoms with Gasteiger partial charge in [-0.1, -0.05) is 6.58 Å². The monoisotopic (exact) mass is 367 g/mol. The third-order valence-corrected chi connectivity index (χ3v) is 2.61. The third-order valence-electron chi connectivity index (χ3n) is 2.61. The van der Waals surface area contributed by atoms with Crippen molar-refractivity contribution in [2.24, 2.45) is 0 Å². The van der Waals surface area contributed by atoms with Gasteiger partial charge in [-0.25, -0.2) is 0 Å². The van der Waals surface area contributed by atoms with Crippen molar-refractivity contribution in [2.45, 2.75) is 36.9 Å². The van der Waals surface area contributed by atoms with E-state index in [4.69, 9.17) is 0 Å². The molecule has 0 aliphatic carbocycles. The van der Waals surface area contributed by atoms with Crippen molar-refractivity contribution in [3.05, 3.63) is 12.2 Å². The smallest absolute Gasteiger partial charge is 0.277 e. The maximum atomic E-state index is 13.4. The Balaban J connectivity index is 6.14. The minimum atomic E-state index is -7.55. The molecule has 13 heteroatoms. The molecular formula is C10H8F11NO. The Labute approximate surface area is 121 Å². The van der Waals surface area contributed by atoms with Gasteiger partial charge in [0.15, 0.2) is 0 Å². The zero-order valence-corrected chi connectivity index (χ0v) is 11.2. The predicted molar refractivity (Wildman–Crippen MR) is 53.4 cm³/mol. The molecule has 0 aliphatic heterocycles. The highest BCUT2D eigenvalue weighted by Gasteiger charge is 2.88. The van der Waals surface area contributed by atoms with E-state index in [1.165, 1.54) is 0 Å². The molecule has 0 heterocycles. The Kier molecular flexibility index (Phi) is 5.14. The average molecular weight is 367 g/mol. The van der Waals surface area contributed by atoms with Gasteiger partial charge in [-0.2, -0.15) is 48.3 Å². The van der Waals surface area contributed by atoms with Gasteiger partial charge in [0.2, 0.25) is 0 Å². The lowest BCUT2D eigenvalue weighted by Gasteiger charge is -2.40. The lowest BCUT2D eigenvalue weighted by atomic mass is 10.0. The van der Waals surface area contributed by atoms with Gasteiger partial charge in [0.1, 0.15) is 0 Å². The van der Waals surface area contributed by atoms with E-state index in [0.717, 1.165) is 0 Å². The van der Waals surface area contributed by atoms with Gasteiger partial charge in [-0.3, -0.25) is 9.69 Å². The molecule has 0 aromatic carbocycles. The molecule has 1 amide bonds. The number of amides is 1. The fourth-order valence-corrected chi connectivity index (χ4v) is 1.19. The number of nitrogens with zero attached hydrogens (tertiary/aromatic N) is 1. The summed E-state index contributed by atoms with van der Waals surface area (Å²) in [5.74, 6) is -24.4. The first-order valence-electron chi connectivity index (χ1n) is 5.28. The normalized spacial score (nSPS) is 14.7. The number of carbonyl (C=O) groups excluding carboxylic acids is 1. The quantitative estimate of drug-likeness (QED) is 0.407. The molecule has 0 rings (SSSR count). The number of halogens is 11. The summed E-state index contributed by atoms with van der Waals surface area (Å²) < 4.78 is 140. The van der Waals surface area contributed by atoms with Gasteiger partial charge in [0.25, 0.3) is 5.91 Å². The average Bonchev–Trinajstić information content (AvgIpc) is 2.34. The van der Waals surface area contributed by atoms with Crippen molar-refractivity contribution in [3.8, 4) is 0 Å². The number of alkyl halides is 11. The maximum absolute atomic E-state index is 13.4.